The van der Waals surface area contributed by atoms with Gasteiger partial charge in [-0.3, -0.25) is 9.48 Å². The predicted molar refractivity (Wildman–Crippen MR) is 88.7 cm³/mol. The molecule has 4 rings (SSSR count). The Morgan fingerprint density at radius 2 is 2.04 bits per heavy atom. The molecule has 1 aromatic heterocycles. The van der Waals surface area contributed by atoms with Crippen LogP contribution in [0.15, 0.2) is 6.07 Å². The molecule has 0 spiro atoms. The van der Waals surface area contributed by atoms with E-state index in [1.807, 2.05) is 20.0 Å². The van der Waals surface area contributed by atoms with E-state index in [2.05, 4.69) is 10.4 Å². The Morgan fingerprint density at radius 3 is 2.76 bits per heavy atom. The maximum atomic E-state index is 12.3. The molecule has 3 heterocycles. The van der Waals surface area contributed by atoms with Crippen molar-refractivity contribution in [2.45, 2.75) is 19.3 Å². The van der Waals surface area contributed by atoms with Gasteiger partial charge in [-0.2, -0.15) is 5.10 Å². The maximum Gasteiger partial charge on any atom is 0.231 e. The fraction of sp³-hybridized carbons (Fsp3) is 0.412. The first-order valence-electron chi connectivity index (χ1n) is 7.93. The Balaban J connectivity index is 1.95. The molecule has 2 aliphatic rings. The van der Waals surface area contributed by atoms with Crippen LogP contribution in [0.1, 0.15) is 29.2 Å². The average Bonchev–Trinajstić information content (AvgIpc) is 3.18. The quantitative estimate of drug-likeness (QED) is 0.915. The lowest BCUT2D eigenvalue weighted by atomic mass is 9.84. The van der Waals surface area contributed by atoms with Crippen LogP contribution in [0, 0.1) is 6.92 Å². The van der Waals surface area contributed by atoms with Crippen LogP contribution in [0.2, 0.25) is 0 Å². The first-order chi connectivity index (χ1) is 12.0. The molecule has 2 aromatic rings. The third-order valence-electron chi connectivity index (χ3n) is 4.66. The van der Waals surface area contributed by atoms with Crippen molar-refractivity contribution < 1.29 is 23.7 Å². The lowest BCUT2D eigenvalue weighted by Gasteiger charge is -2.26. The Labute approximate surface area is 144 Å². The molecule has 1 amide bonds. The van der Waals surface area contributed by atoms with Crippen molar-refractivity contribution in [1.82, 2.24) is 9.78 Å². The highest BCUT2D eigenvalue weighted by Crippen LogP contribution is 2.53. The molecule has 0 radical (unpaired) electrons. The number of carbonyl (C=O) groups excluding carboxylic acids is 1. The highest BCUT2D eigenvalue weighted by Gasteiger charge is 2.37. The molecule has 0 bridgehead atoms. The summed E-state index contributed by atoms with van der Waals surface area (Å²) in [6.07, 6.45) is 0.290. The number of nitrogens with one attached hydrogen (secondary N) is 1. The van der Waals surface area contributed by atoms with Crippen LogP contribution in [0.3, 0.4) is 0 Å². The number of benzene rings is 1. The van der Waals surface area contributed by atoms with Gasteiger partial charge < -0.3 is 24.3 Å². The molecule has 8 heteroatoms. The number of methoxy groups -OCH3 is 2. The molecular formula is C17H19N3O5. The number of nitrogens with zero attached hydrogens (tertiary/aromatic N) is 2. The van der Waals surface area contributed by atoms with Gasteiger partial charge in [0.2, 0.25) is 24.2 Å². The number of rotatable bonds is 3. The predicted octanol–water partition coefficient (Wildman–Crippen LogP) is 1.95. The molecule has 25 heavy (non-hydrogen) atoms. The molecule has 132 valence electrons. The first-order valence-corrected chi connectivity index (χ1v) is 7.93. The highest BCUT2D eigenvalue weighted by molar-refractivity contribution is 5.95. The summed E-state index contributed by atoms with van der Waals surface area (Å²) in [6, 6.07) is 1.85. The van der Waals surface area contributed by atoms with Crippen LogP contribution in [0.4, 0.5) is 5.82 Å². The lowest BCUT2D eigenvalue weighted by Crippen LogP contribution is -2.25. The van der Waals surface area contributed by atoms with Gasteiger partial charge in [-0.05, 0) is 13.0 Å². The normalized spacial score (nSPS) is 17.9. The summed E-state index contributed by atoms with van der Waals surface area (Å²) in [5.74, 6) is 2.56. The van der Waals surface area contributed by atoms with Gasteiger partial charge in [-0.15, -0.1) is 0 Å². The maximum absolute atomic E-state index is 12.3. The number of hydrogen-bond donors (Lipinski definition) is 1. The molecule has 1 N–H and O–H groups in total. The van der Waals surface area contributed by atoms with Crippen LogP contribution < -0.4 is 24.3 Å². The number of carbonyl (C=O) groups is 1. The van der Waals surface area contributed by atoms with E-state index in [4.69, 9.17) is 18.9 Å². The zero-order chi connectivity index (χ0) is 17.7. The van der Waals surface area contributed by atoms with Crippen LogP contribution in [-0.2, 0) is 11.8 Å². The minimum absolute atomic E-state index is 0.0702. The first kappa shape index (κ1) is 15.6. The summed E-state index contributed by atoms with van der Waals surface area (Å²) in [5, 5.41) is 7.35. The number of aryl methyl sites for hydroxylation is 2. The van der Waals surface area contributed by atoms with E-state index < -0.39 is 0 Å². The van der Waals surface area contributed by atoms with E-state index >= 15 is 0 Å². The highest BCUT2D eigenvalue weighted by atomic mass is 16.7. The zero-order valence-corrected chi connectivity index (χ0v) is 14.5. The van der Waals surface area contributed by atoms with E-state index in [1.54, 1.807) is 18.9 Å². The summed E-state index contributed by atoms with van der Waals surface area (Å²) >= 11 is 0. The second-order valence-corrected chi connectivity index (χ2v) is 6.04. The van der Waals surface area contributed by atoms with Crippen LogP contribution in [0.5, 0.6) is 23.0 Å². The van der Waals surface area contributed by atoms with Gasteiger partial charge in [0.05, 0.1) is 19.9 Å². The van der Waals surface area contributed by atoms with Crippen LogP contribution >= 0.6 is 0 Å². The van der Waals surface area contributed by atoms with Gasteiger partial charge in [-0.25, -0.2) is 0 Å². The molecule has 0 saturated carbocycles. The number of aromatic nitrogens is 2. The molecule has 1 aromatic carbocycles. The van der Waals surface area contributed by atoms with Crippen molar-refractivity contribution in [2.24, 2.45) is 7.05 Å². The molecule has 0 saturated heterocycles. The molecule has 0 unspecified atom stereocenters. The summed E-state index contributed by atoms with van der Waals surface area (Å²) in [6.45, 7) is 2.04. The minimum Gasteiger partial charge on any atom is -0.493 e. The lowest BCUT2D eigenvalue weighted by molar-refractivity contribution is -0.116. The number of fused-ring (bicyclic) bond motifs is 2. The molecule has 1 atom stereocenters. The third kappa shape index (κ3) is 2.20. The number of amides is 1. The Kier molecular flexibility index (Phi) is 3.48. The third-order valence-corrected chi connectivity index (χ3v) is 4.66. The van der Waals surface area contributed by atoms with Gasteiger partial charge in [0.25, 0.3) is 0 Å². The average molecular weight is 345 g/mol. The summed E-state index contributed by atoms with van der Waals surface area (Å²) in [4.78, 5) is 12.3. The number of ether oxygens (including phenoxy) is 4. The van der Waals surface area contributed by atoms with Crippen molar-refractivity contribution >= 4 is 11.7 Å². The van der Waals surface area contributed by atoms with Gasteiger partial charge in [-0.1, -0.05) is 0 Å². The molecule has 0 aliphatic carbocycles. The van der Waals surface area contributed by atoms with E-state index in [0.717, 1.165) is 16.8 Å². The number of hydrogen-bond acceptors (Lipinski definition) is 6. The standard InChI is InChI=1S/C17H19N3O5/c1-8-13-9(6-12(21)18-17(13)20(2)19-8)10-5-11(22-3)15-16(14(10)23-4)25-7-24-15/h5,9H,6-7H2,1-4H3,(H,18,21)/t9-/m0/s1. The van der Waals surface area contributed by atoms with Crippen molar-refractivity contribution in [3.05, 3.63) is 22.9 Å². The van der Waals surface area contributed by atoms with Crippen molar-refractivity contribution in [1.29, 1.82) is 0 Å². The topological polar surface area (TPSA) is 83.8 Å². The summed E-state index contributed by atoms with van der Waals surface area (Å²) in [7, 11) is 4.96. The van der Waals surface area contributed by atoms with Crippen molar-refractivity contribution in [2.75, 3.05) is 26.3 Å². The van der Waals surface area contributed by atoms with Crippen molar-refractivity contribution in [3.63, 3.8) is 0 Å². The monoisotopic (exact) mass is 345 g/mol. The Hall–Kier alpha value is -2.90. The van der Waals surface area contributed by atoms with Gasteiger partial charge in [0, 0.05) is 30.5 Å². The fourth-order valence-electron chi connectivity index (χ4n) is 3.63. The second-order valence-electron chi connectivity index (χ2n) is 6.04. The summed E-state index contributed by atoms with van der Waals surface area (Å²) in [5.41, 5.74) is 2.65. The largest absolute Gasteiger partial charge is 0.493 e. The Bertz CT molecular complexity index is 874. The van der Waals surface area contributed by atoms with Crippen molar-refractivity contribution in [3.8, 4) is 23.0 Å². The number of anilines is 1. The van der Waals surface area contributed by atoms with Crippen LogP contribution in [-0.4, -0.2) is 36.7 Å². The second kappa shape index (κ2) is 5.58. The van der Waals surface area contributed by atoms with Crippen LogP contribution in [0.25, 0.3) is 0 Å². The molecular weight excluding hydrogens is 326 g/mol. The fourth-order valence-corrected chi connectivity index (χ4v) is 3.63. The van der Waals surface area contributed by atoms with E-state index in [9.17, 15) is 4.79 Å². The zero-order valence-electron chi connectivity index (χ0n) is 14.5. The summed E-state index contributed by atoms with van der Waals surface area (Å²) < 4.78 is 23.9. The van der Waals surface area contributed by atoms with Gasteiger partial charge in [0.15, 0.2) is 11.5 Å². The Morgan fingerprint density at radius 1 is 1.28 bits per heavy atom. The molecule has 8 nitrogen and oxygen atoms in total. The molecule has 2 aliphatic heterocycles. The van der Waals surface area contributed by atoms with E-state index in [-0.39, 0.29) is 18.6 Å². The minimum atomic E-state index is -0.212. The van der Waals surface area contributed by atoms with Gasteiger partial charge >= 0.3 is 0 Å². The van der Waals surface area contributed by atoms with E-state index in [1.165, 1.54) is 0 Å². The smallest absolute Gasteiger partial charge is 0.231 e. The van der Waals surface area contributed by atoms with E-state index in [0.29, 0.717) is 35.2 Å². The SMILES string of the molecule is COc1cc([C@@H]2CC(=O)Nc3c2c(C)nn3C)c(OC)c2c1OCO2. The molecule has 0 fully saturated rings. The van der Waals surface area contributed by atoms with Gasteiger partial charge in [0.1, 0.15) is 5.82 Å².